The monoisotopic (exact) mass is 161 g/mol. The molecular formula is C6H11NO2S. The Balaban J connectivity index is 0.000000236. The van der Waals surface area contributed by atoms with E-state index in [2.05, 4.69) is 12.2 Å². The van der Waals surface area contributed by atoms with Crippen molar-refractivity contribution in [2.45, 2.75) is 19.6 Å². The predicted molar refractivity (Wildman–Crippen MR) is 41.3 cm³/mol. The summed E-state index contributed by atoms with van der Waals surface area (Å²) in [6.07, 6.45) is 0. The number of hydrogen-bond acceptors (Lipinski definition) is 4. The van der Waals surface area contributed by atoms with Gasteiger partial charge in [-0.05, 0) is 26.1 Å². The second-order valence-corrected chi connectivity index (χ2v) is 2.40. The van der Waals surface area contributed by atoms with E-state index in [9.17, 15) is 0 Å². The number of hydrogen-bond donors (Lipinski definition) is 1. The lowest BCUT2D eigenvalue weighted by molar-refractivity contribution is -0.125. The van der Waals surface area contributed by atoms with Crippen LogP contribution in [-0.4, -0.2) is 24.2 Å². The molecule has 0 spiro atoms. The molecule has 1 saturated heterocycles. The molecule has 0 amide bonds. The Bertz CT molecular complexity index is 122. The second kappa shape index (κ2) is 4.52. The lowest BCUT2D eigenvalue weighted by atomic mass is 10.4. The molecule has 4 heteroatoms. The number of rotatable bonds is 0. The molecule has 0 atom stereocenters. The first kappa shape index (κ1) is 9.72. The van der Waals surface area contributed by atoms with Crippen molar-refractivity contribution < 1.29 is 9.47 Å². The van der Waals surface area contributed by atoms with Crippen LogP contribution in [0.15, 0.2) is 0 Å². The average Bonchev–Trinajstić information content (AvgIpc) is 2.16. The molecule has 0 aromatic rings. The molecule has 1 fully saturated rings. The van der Waals surface area contributed by atoms with Gasteiger partial charge in [0, 0.05) is 0 Å². The Morgan fingerprint density at radius 1 is 1.40 bits per heavy atom. The van der Waals surface area contributed by atoms with Gasteiger partial charge in [-0.15, -0.1) is 0 Å². The molecule has 0 unspecified atom stereocenters. The van der Waals surface area contributed by atoms with Crippen molar-refractivity contribution in [3.05, 3.63) is 0 Å². The zero-order chi connectivity index (χ0) is 8.04. The fourth-order valence-corrected chi connectivity index (χ4v) is 0.617. The summed E-state index contributed by atoms with van der Waals surface area (Å²) in [4.78, 5) is 0. The highest BCUT2D eigenvalue weighted by Gasteiger charge is 2.23. The van der Waals surface area contributed by atoms with E-state index < -0.39 is 0 Å². The van der Waals surface area contributed by atoms with E-state index >= 15 is 0 Å². The van der Waals surface area contributed by atoms with E-state index in [4.69, 9.17) is 14.9 Å². The molecule has 0 saturated carbocycles. The normalized spacial score (nSPS) is 20.6. The molecule has 0 bridgehead atoms. The number of ether oxygens (including phenoxy) is 2. The standard InChI is InChI=1S/C5H10O2.CHNS/c1-5(2)6-3-4-7-5;2-1-3/h3-4H2,1-2H3;2H. The van der Waals surface area contributed by atoms with Crippen LogP contribution in [0.2, 0.25) is 0 Å². The summed E-state index contributed by atoms with van der Waals surface area (Å²) in [6.45, 7) is 5.32. The van der Waals surface area contributed by atoms with Crippen LogP contribution in [0.3, 0.4) is 0 Å². The summed E-state index contributed by atoms with van der Waals surface area (Å²) in [6, 6.07) is 0. The highest BCUT2D eigenvalue weighted by Crippen LogP contribution is 2.15. The van der Waals surface area contributed by atoms with Crippen LogP contribution in [0.1, 0.15) is 13.8 Å². The van der Waals surface area contributed by atoms with Gasteiger partial charge in [0.25, 0.3) is 0 Å². The Kier molecular flexibility index (Phi) is 4.40. The van der Waals surface area contributed by atoms with Crippen molar-refractivity contribution in [3.8, 4) is 0 Å². The molecule has 1 N–H and O–H groups in total. The maximum absolute atomic E-state index is 5.77. The van der Waals surface area contributed by atoms with Crippen LogP contribution in [0.4, 0.5) is 0 Å². The van der Waals surface area contributed by atoms with Crippen LogP contribution in [0, 0.1) is 5.41 Å². The first-order valence-corrected chi connectivity index (χ1v) is 3.35. The Labute approximate surface area is 65.8 Å². The average molecular weight is 161 g/mol. The quantitative estimate of drug-likeness (QED) is 0.432. The molecule has 0 aliphatic carbocycles. The Morgan fingerprint density at radius 3 is 1.80 bits per heavy atom. The summed E-state index contributed by atoms with van der Waals surface area (Å²) < 4.78 is 10.2. The first-order valence-electron chi connectivity index (χ1n) is 2.94. The number of isothiocyanates is 1. The van der Waals surface area contributed by atoms with Gasteiger partial charge in [0.15, 0.2) is 5.79 Å². The van der Waals surface area contributed by atoms with Gasteiger partial charge in [-0.2, -0.15) is 0 Å². The summed E-state index contributed by atoms with van der Waals surface area (Å²) in [5.41, 5.74) is 0. The van der Waals surface area contributed by atoms with E-state index in [0.717, 1.165) is 13.2 Å². The summed E-state index contributed by atoms with van der Waals surface area (Å²) in [5.74, 6) is -0.306. The van der Waals surface area contributed by atoms with Crippen molar-refractivity contribution >= 4 is 17.4 Å². The van der Waals surface area contributed by atoms with E-state index in [1.165, 1.54) is 0 Å². The molecular weight excluding hydrogens is 150 g/mol. The van der Waals surface area contributed by atoms with Gasteiger partial charge < -0.3 is 9.47 Å². The van der Waals surface area contributed by atoms with Crippen molar-refractivity contribution in [1.29, 1.82) is 5.41 Å². The molecule has 3 nitrogen and oxygen atoms in total. The fraction of sp³-hybridized carbons (Fsp3) is 0.833. The Morgan fingerprint density at radius 2 is 1.70 bits per heavy atom. The smallest absolute Gasteiger partial charge is 0.162 e. The molecule has 1 heterocycles. The Hall–Kier alpha value is -0.280. The molecule has 58 valence electrons. The van der Waals surface area contributed by atoms with Gasteiger partial charge in [0.05, 0.1) is 18.4 Å². The van der Waals surface area contributed by atoms with Crippen LogP contribution < -0.4 is 0 Å². The zero-order valence-electron chi connectivity index (χ0n) is 6.14. The highest BCUT2D eigenvalue weighted by atomic mass is 32.1. The van der Waals surface area contributed by atoms with E-state index in [1.807, 2.05) is 13.8 Å². The van der Waals surface area contributed by atoms with Gasteiger partial charge in [-0.1, -0.05) is 0 Å². The largest absolute Gasteiger partial charge is 0.348 e. The van der Waals surface area contributed by atoms with Crippen molar-refractivity contribution in [2.75, 3.05) is 13.2 Å². The lowest BCUT2D eigenvalue weighted by Crippen LogP contribution is -2.18. The molecule has 1 aliphatic rings. The minimum atomic E-state index is -0.306. The summed E-state index contributed by atoms with van der Waals surface area (Å²) in [5, 5.41) is 7.36. The van der Waals surface area contributed by atoms with Gasteiger partial charge >= 0.3 is 0 Å². The lowest BCUT2D eigenvalue weighted by Gasteiger charge is -2.13. The summed E-state index contributed by atoms with van der Waals surface area (Å²) >= 11 is 3.81. The van der Waals surface area contributed by atoms with Crippen LogP contribution >= 0.6 is 12.2 Å². The van der Waals surface area contributed by atoms with E-state index in [0.29, 0.717) is 0 Å². The van der Waals surface area contributed by atoms with Crippen molar-refractivity contribution in [1.82, 2.24) is 0 Å². The van der Waals surface area contributed by atoms with Gasteiger partial charge in [0.2, 0.25) is 0 Å². The maximum atomic E-state index is 5.77. The van der Waals surface area contributed by atoms with Crippen molar-refractivity contribution in [3.63, 3.8) is 0 Å². The maximum Gasteiger partial charge on any atom is 0.162 e. The van der Waals surface area contributed by atoms with Crippen LogP contribution in [0.25, 0.3) is 0 Å². The van der Waals surface area contributed by atoms with Gasteiger partial charge in [-0.25, -0.2) is 5.41 Å². The molecule has 10 heavy (non-hydrogen) atoms. The molecule has 0 radical (unpaired) electrons. The predicted octanol–water partition coefficient (Wildman–Crippen LogP) is 1.44. The second-order valence-electron chi connectivity index (χ2n) is 2.20. The fourth-order valence-electron chi connectivity index (χ4n) is 0.617. The van der Waals surface area contributed by atoms with Crippen LogP contribution in [0.5, 0.6) is 0 Å². The zero-order valence-corrected chi connectivity index (χ0v) is 6.96. The third kappa shape index (κ3) is 4.58. The molecule has 1 rings (SSSR count). The third-order valence-corrected chi connectivity index (χ3v) is 0.983. The third-order valence-electron chi connectivity index (χ3n) is 0.983. The highest BCUT2D eigenvalue weighted by molar-refractivity contribution is 7.78. The molecule has 1 aliphatic heterocycles. The van der Waals surface area contributed by atoms with Crippen LogP contribution in [-0.2, 0) is 9.47 Å². The van der Waals surface area contributed by atoms with E-state index in [-0.39, 0.29) is 5.79 Å². The number of nitrogens with one attached hydrogen (secondary N) is 1. The topological polar surface area (TPSA) is 42.3 Å². The number of thiocarbonyl (C=S) groups is 1. The minimum Gasteiger partial charge on any atom is -0.348 e. The van der Waals surface area contributed by atoms with Gasteiger partial charge in [0.1, 0.15) is 0 Å². The summed E-state index contributed by atoms with van der Waals surface area (Å²) in [7, 11) is 0. The van der Waals surface area contributed by atoms with Crippen molar-refractivity contribution in [2.24, 2.45) is 0 Å². The first-order chi connectivity index (χ1) is 4.62. The SMILES string of the molecule is CC1(C)OCCO1.N=C=S. The van der Waals surface area contributed by atoms with E-state index in [1.54, 1.807) is 5.16 Å². The minimum absolute atomic E-state index is 0.306. The molecule has 0 aromatic carbocycles. The molecule has 0 aromatic heterocycles. The van der Waals surface area contributed by atoms with Gasteiger partial charge in [-0.3, -0.25) is 0 Å².